The van der Waals surface area contributed by atoms with Gasteiger partial charge >= 0.3 is 0 Å². The van der Waals surface area contributed by atoms with Crippen LogP contribution in [0.5, 0.6) is 0 Å². The highest BCUT2D eigenvalue weighted by Crippen LogP contribution is 2.28. The molecule has 110 valence electrons. The van der Waals surface area contributed by atoms with E-state index in [0.717, 1.165) is 23.3 Å². The molecule has 1 N–H and O–H groups in total. The summed E-state index contributed by atoms with van der Waals surface area (Å²) >= 11 is 1.65. The molecule has 0 saturated heterocycles. The maximum Gasteiger partial charge on any atom is 0.266 e. The summed E-state index contributed by atoms with van der Waals surface area (Å²) in [6, 6.07) is 5.88. The van der Waals surface area contributed by atoms with Gasteiger partial charge in [-0.2, -0.15) is 0 Å². The monoisotopic (exact) mass is 300 g/mol. The first-order valence-corrected chi connectivity index (χ1v) is 8.39. The maximum atomic E-state index is 12.3. The van der Waals surface area contributed by atoms with Gasteiger partial charge in [-0.3, -0.25) is 4.79 Å². The molecule has 1 aliphatic carbocycles. The number of nitrogens with one attached hydrogen (secondary N) is 1. The zero-order chi connectivity index (χ0) is 14.7. The number of aryl methyl sites for hydroxylation is 3. The molecule has 2 heterocycles. The summed E-state index contributed by atoms with van der Waals surface area (Å²) in [7, 11) is 0. The Bertz CT molecular complexity index is 605. The van der Waals surface area contributed by atoms with E-state index in [1.165, 1.54) is 36.1 Å². The molecule has 0 aliphatic heterocycles. The van der Waals surface area contributed by atoms with E-state index in [2.05, 4.69) is 16.4 Å². The van der Waals surface area contributed by atoms with Crippen LogP contribution in [-0.4, -0.2) is 10.9 Å². The van der Waals surface area contributed by atoms with Crippen molar-refractivity contribution in [2.75, 3.05) is 5.32 Å². The summed E-state index contributed by atoms with van der Waals surface area (Å²) in [5, 5.41) is 2.89. The predicted octanol–water partition coefficient (Wildman–Crippen LogP) is 4.36. The molecule has 0 aromatic carbocycles. The average Bonchev–Trinajstić information content (AvgIpc) is 2.84. The van der Waals surface area contributed by atoms with E-state index in [1.807, 2.05) is 19.1 Å². The van der Waals surface area contributed by atoms with Gasteiger partial charge < -0.3 is 5.32 Å². The number of fused-ring (bicyclic) bond motifs is 1. The third kappa shape index (κ3) is 3.50. The number of amides is 1. The van der Waals surface area contributed by atoms with Gasteiger partial charge in [-0.1, -0.05) is 18.9 Å². The summed E-state index contributed by atoms with van der Waals surface area (Å²) in [5.41, 5.74) is 2.47. The van der Waals surface area contributed by atoms with Gasteiger partial charge in [0.15, 0.2) is 0 Å². The first kappa shape index (κ1) is 14.3. The number of carbonyl (C=O) groups excluding carboxylic acids is 1. The van der Waals surface area contributed by atoms with Crippen LogP contribution in [0.15, 0.2) is 24.4 Å². The first-order chi connectivity index (χ1) is 10.2. The van der Waals surface area contributed by atoms with E-state index in [-0.39, 0.29) is 5.91 Å². The van der Waals surface area contributed by atoms with Crippen molar-refractivity contribution in [3.8, 4) is 0 Å². The maximum absolute atomic E-state index is 12.3. The van der Waals surface area contributed by atoms with Gasteiger partial charge in [-0.25, -0.2) is 4.98 Å². The Morgan fingerprint density at radius 2 is 2.00 bits per heavy atom. The smallest absolute Gasteiger partial charge is 0.266 e. The van der Waals surface area contributed by atoms with Crippen LogP contribution in [0.4, 0.5) is 5.82 Å². The molecule has 0 spiro atoms. The molecule has 0 atom stereocenters. The molecule has 1 amide bonds. The van der Waals surface area contributed by atoms with Crippen LogP contribution in [0.25, 0.3) is 0 Å². The second kappa shape index (κ2) is 6.39. The van der Waals surface area contributed by atoms with Gasteiger partial charge in [0.2, 0.25) is 0 Å². The molecule has 21 heavy (non-hydrogen) atoms. The van der Waals surface area contributed by atoms with Crippen molar-refractivity contribution >= 4 is 23.1 Å². The minimum atomic E-state index is -0.0388. The van der Waals surface area contributed by atoms with Crippen LogP contribution >= 0.6 is 11.3 Å². The lowest BCUT2D eigenvalue weighted by molar-refractivity contribution is 0.103. The van der Waals surface area contributed by atoms with Crippen molar-refractivity contribution in [2.45, 2.75) is 45.4 Å². The third-order valence-electron chi connectivity index (χ3n) is 3.87. The van der Waals surface area contributed by atoms with E-state index in [1.54, 1.807) is 17.5 Å². The molecule has 0 bridgehead atoms. The van der Waals surface area contributed by atoms with Gasteiger partial charge in [0, 0.05) is 11.1 Å². The molecule has 3 nitrogen and oxygen atoms in total. The molecule has 3 rings (SSSR count). The molecule has 0 radical (unpaired) electrons. The lowest BCUT2D eigenvalue weighted by atomic mass is 10.00. The van der Waals surface area contributed by atoms with Crippen molar-refractivity contribution in [1.29, 1.82) is 0 Å². The van der Waals surface area contributed by atoms with Crippen molar-refractivity contribution in [3.63, 3.8) is 0 Å². The lowest BCUT2D eigenvalue weighted by Gasteiger charge is -2.07. The molecule has 0 unspecified atom stereocenters. The van der Waals surface area contributed by atoms with Crippen LogP contribution in [-0.2, 0) is 12.8 Å². The zero-order valence-corrected chi connectivity index (χ0v) is 13.1. The number of aromatic nitrogens is 1. The van der Waals surface area contributed by atoms with Crippen LogP contribution in [0.3, 0.4) is 0 Å². The fourth-order valence-electron chi connectivity index (χ4n) is 2.68. The summed E-state index contributed by atoms with van der Waals surface area (Å²) in [5.74, 6) is 0.578. The Labute approximate surface area is 129 Å². The first-order valence-electron chi connectivity index (χ1n) is 7.58. The van der Waals surface area contributed by atoms with Crippen LogP contribution in [0.1, 0.15) is 51.4 Å². The highest BCUT2D eigenvalue weighted by Gasteiger charge is 2.16. The molecular formula is C17H20N2OS. The van der Waals surface area contributed by atoms with Crippen molar-refractivity contribution < 1.29 is 4.79 Å². The average molecular weight is 300 g/mol. The fraction of sp³-hybridized carbons (Fsp3) is 0.412. The van der Waals surface area contributed by atoms with Gasteiger partial charge in [-0.05, 0) is 55.9 Å². The second-order valence-electron chi connectivity index (χ2n) is 5.65. The van der Waals surface area contributed by atoms with Gasteiger partial charge in [0.25, 0.3) is 5.91 Å². The topological polar surface area (TPSA) is 42.0 Å². The SMILES string of the molecule is Cc1ccc(NC(=O)c2cc3c(s2)CCCCCC3)nc1. The minimum absolute atomic E-state index is 0.0388. The predicted molar refractivity (Wildman–Crippen MR) is 87.1 cm³/mol. The molecule has 2 aromatic rings. The Balaban J connectivity index is 1.75. The summed E-state index contributed by atoms with van der Waals surface area (Å²) < 4.78 is 0. The van der Waals surface area contributed by atoms with E-state index in [9.17, 15) is 4.79 Å². The molecule has 2 aromatic heterocycles. The number of nitrogens with zero attached hydrogens (tertiary/aromatic N) is 1. The lowest BCUT2D eigenvalue weighted by Crippen LogP contribution is -2.11. The van der Waals surface area contributed by atoms with Crippen molar-refractivity contribution in [1.82, 2.24) is 4.98 Å². The number of hydrogen-bond acceptors (Lipinski definition) is 3. The quantitative estimate of drug-likeness (QED) is 0.895. The number of hydrogen-bond donors (Lipinski definition) is 1. The summed E-state index contributed by atoms with van der Waals surface area (Å²) in [6.45, 7) is 1.98. The number of rotatable bonds is 2. The minimum Gasteiger partial charge on any atom is -0.306 e. The number of thiophene rings is 1. The van der Waals surface area contributed by atoms with E-state index in [0.29, 0.717) is 5.82 Å². The Hall–Kier alpha value is -1.68. The molecule has 0 saturated carbocycles. The molecule has 4 heteroatoms. The Morgan fingerprint density at radius 3 is 2.76 bits per heavy atom. The molecule has 1 aliphatic rings. The highest BCUT2D eigenvalue weighted by molar-refractivity contribution is 7.14. The van der Waals surface area contributed by atoms with Gasteiger partial charge in [0.1, 0.15) is 5.82 Å². The van der Waals surface area contributed by atoms with E-state index in [4.69, 9.17) is 0 Å². The van der Waals surface area contributed by atoms with Crippen LogP contribution in [0.2, 0.25) is 0 Å². The summed E-state index contributed by atoms with van der Waals surface area (Å²) in [6.07, 6.45) is 9.11. The van der Waals surface area contributed by atoms with Crippen molar-refractivity contribution in [2.24, 2.45) is 0 Å². The standard InChI is InChI=1S/C17H20N2OS/c1-12-8-9-16(18-11-12)19-17(20)15-10-13-6-4-2-3-5-7-14(13)21-15/h8-11H,2-7H2,1H3,(H,18,19,20). The normalized spacial score (nSPS) is 14.9. The van der Waals surface area contributed by atoms with Crippen LogP contribution in [0, 0.1) is 6.92 Å². The van der Waals surface area contributed by atoms with Crippen molar-refractivity contribution in [3.05, 3.63) is 45.3 Å². The largest absolute Gasteiger partial charge is 0.306 e. The van der Waals surface area contributed by atoms with E-state index >= 15 is 0 Å². The van der Waals surface area contributed by atoms with E-state index < -0.39 is 0 Å². The fourth-order valence-corrected chi connectivity index (χ4v) is 3.82. The molecular weight excluding hydrogens is 280 g/mol. The number of anilines is 1. The Kier molecular flexibility index (Phi) is 4.34. The Morgan fingerprint density at radius 1 is 1.19 bits per heavy atom. The number of carbonyl (C=O) groups is 1. The third-order valence-corrected chi connectivity index (χ3v) is 5.11. The summed E-state index contributed by atoms with van der Waals surface area (Å²) in [4.78, 5) is 18.8. The highest BCUT2D eigenvalue weighted by atomic mass is 32.1. The second-order valence-corrected chi connectivity index (χ2v) is 6.78. The number of pyridine rings is 1. The zero-order valence-electron chi connectivity index (χ0n) is 12.3. The van der Waals surface area contributed by atoms with Gasteiger partial charge in [-0.15, -0.1) is 11.3 Å². The van der Waals surface area contributed by atoms with Crippen LogP contribution < -0.4 is 5.32 Å². The van der Waals surface area contributed by atoms with Gasteiger partial charge in [0.05, 0.1) is 4.88 Å². The molecule has 0 fully saturated rings.